The molecule has 0 unspecified atom stereocenters. The molecule has 1 aromatic rings. The number of ketones is 1. The summed E-state index contributed by atoms with van der Waals surface area (Å²) in [6, 6.07) is 3.58. The van der Waals surface area contributed by atoms with E-state index in [-0.39, 0.29) is 5.78 Å². The van der Waals surface area contributed by atoms with Crippen LogP contribution in [0.15, 0.2) is 12.1 Å². The Kier molecular flexibility index (Phi) is 6.19. The van der Waals surface area contributed by atoms with Gasteiger partial charge in [0, 0.05) is 23.9 Å². The average Bonchev–Trinajstić information content (AvgIpc) is 2.39. The van der Waals surface area contributed by atoms with E-state index in [9.17, 15) is 4.79 Å². The minimum atomic E-state index is 0.00866. The van der Waals surface area contributed by atoms with Gasteiger partial charge in [0.1, 0.15) is 0 Å². The van der Waals surface area contributed by atoms with Crippen LogP contribution in [0.5, 0.6) is 11.5 Å². The van der Waals surface area contributed by atoms with Crippen LogP contribution in [0.25, 0.3) is 0 Å². The summed E-state index contributed by atoms with van der Waals surface area (Å²) in [5.74, 6) is 1.29. The number of Topliss-reactive ketones (excluding diaryl/α,β-unsaturated/α-hetero) is 1. The first-order valence-electron chi connectivity index (χ1n) is 6.73. The molecule has 106 valence electrons. The van der Waals surface area contributed by atoms with E-state index in [1.54, 1.807) is 20.1 Å². The van der Waals surface area contributed by atoms with Gasteiger partial charge in [-0.25, -0.2) is 0 Å². The summed E-state index contributed by atoms with van der Waals surface area (Å²) >= 11 is 0. The average molecular weight is 265 g/mol. The highest BCUT2D eigenvalue weighted by Gasteiger charge is 2.14. The van der Waals surface area contributed by atoms with Crippen molar-refractivity contribution in [2.45, 2.75) is 33.6 Å². The third kappa shape index (κ3) is 4.16. The lowest BCUT2D eigenvalue weighted by atomic mass is 10.1. The Balaban J connectivity index is 3.08. The van der Waals surface area contributed by atoms with Crippen LogP contribution in [0, 0.1) is 0 Å². The standard InChI is InChI=1S/C15H23NO3/c1-5-7-8-19-15-10-13(16-6-2)12(11(3)17)9-14(15)18-4/h9-10,16H,5-8H2,1-4H3. The number of hydrogen-bond donors (Lipinski definition) is 1. The predicted molar refractivity (Wildman–Crippen MR) is 77.6 cm³/mol. The maximum atomic E-state index is 11.6. The first-order valence-corrected chi connectivity index (χ1v) is 6.73. The lowest BCUT2D eigenvalue weighted by molar-refractivity contribution is 0.101. The smallest absolute Gasteiger partial charge is 0.163 e. The van der Waals surface area contributed by atoms with Crippen LogP contribution in [0.1, 0.15) is 44.0 Å². The highest BCUT2D eigenvalue weighted by atomic mass is 16.5. The zero-order valence-electron chi connectivity index (χ0n) is 12.2. The van der Waals surface area contributed by atoms with Gasteiger partial charge in [0.25, 0.3) is 0 Å². The highest BCUT2D eigenvalue weighted by Crippen LogP contribution is 2.34. The molecule has 0 amide bonds. The van der Waals surface area contributed by atoms with Gasteiger partial charge in [0.05, 0.1) is 13.7 Å². The molecule has 0 atom stereocenters. The van der Waals surface area contributed by atoms with Gasteiger partial charge >= 0.3 is 0 Å². The minimum absolute atomic E-state index is 0.00866. The van der Waals surface area contributed by atoms with Crippen molar-refractivity contribution in [1.82, 2.24) is 0 Å². The molecule has 19 heavy (non-hydrogen) atoms. The number of ether oxygens (including phenoxy) is 2. The molecule has 0 bridgehead atoms. The van der Waals surface area contributed by atoms with Crippen molar-refractivity contribution in [3.63, 3.8) is 0 Å². The maximum absolute atomic E-state index is 11.6. The van der Waals surface area contributed by atoms with Gasteiger partial charge < -0.3 is 14.8 Å². The number of methoxy groups -OCH3 is 1. The first kappa shape index (κ1) is 15.3. The number of nitrogens with one attached hydrogen (secondary N) is 1. The van der Waals surface area contributed by atoms with Crippen molar-refractivity contribution < 1.29 is 14.3 Å². The molecule has 0 radical (unpaired) electrons. The van der Waals surface area contributed by atoms with Gasteiger partial charge in [-0.15, -0.1) is 0 Å². The number of unbranched alkanes of at least 4 members (excludes halogenated alkanes) is 1. The first-order chi connectivity index (χ1) is 9.13. The molecule has 0 heterocycles. The van der Waals surface area contributed by atoms with E-state index >= 15 is 0 Å². The van der Waals surface area contributed by atoms with E-state index in [1.807, 2.05) is 13.0 Å². The molecule has 0 aromatic heterocycles. The number of hydrogen-bond acceptors (Lipinski definition) is 4. The summed E-state index contributed by atoms with van der Waals surface area (Å²) in [6.07, 6.45) is 2.07. The third-order valence-corrected chi connectivity index (χ3v) is 2.81. The van der Waals surface area contributed by atoms with Crippen molar-refractivity contribution in [3.05, 3.63) is 17.7 Å². The van der Waals surface area contributed by atoms with Crippen molar-refractivity contribution in [1.29, 1.82) is 0 Å². The molecule has 0 aliphatic rings. The molecule has 4 heteroatoms. The molecule has 1 rings (SSSR count). The van der Waals surface area contributed by atoms with Crippen molar-refractivity contribution in [3.8, 4) is 11.5 Å². The second kappa shape index (κ2) is 7.67. The molecule has 1 N–H and O–H groups in total. The second-order valence-corrected chi connectivity index (χ2v) is 4.34. The number of anilines is 1. The van der Waals surface area contributed by atoms with Crippen molar-refractivity contribution in [2.75, 3.05) is 25.6 Å². The minimum Gasteiger partial charge on any atom is -0.493 e. The molecule has 4 nitrogen and oxygen atoms in total. The van der Waals surface area contributed by atoms with E-state index in [1.165, 1.54) is 0 Å². The fourth-order valence-corrected chi connectivity index (χ4v) is 1.79. The molecule has 0 saturated heterocycles. The fourth-order valence-electron chi connectivity index (χ4n) is 1.79. The Morgan fingerprint density at radius 3 is 2.53 bits per heavy atom. The van der Waals surface area contributed by atoms with E-state index in [2.05, 4.69) is 12.2 Å². The van der Waals surface area contributed by atoms with E-state index in [4.69, 9.17) is 9.47 Å². The van der Waals surface area contributed by atoms with Gasteiger partial charge in [0.15, 0.2) is 17.3 Å². The second-order valence-electron chi connectivity index (χ2n) is 4.34. The Hall–Kier alpha value is -1.71. The fraction of sp³-hybridized carbons (Fsp3) is 0.533. The van der Waals surface area contributed by atoms with E-state index < -0.39 is 0 Å². The van der Waals surface area contributed by atoms with Crippen molar-refractivity contribution in [2.24, 2.45) is 0 Å². The van der Waals surface area contributed by atoms with Crippen LogP contribution in [0.4, 0.5) is 5.69 Å². The molecular weight excluding hydrogens is 242 g/mol. The topological polar surface area (TPSA) is 47.6 Å². The Labute approximate surface area is 115 Å². The van der Waals surface area contributed by atoms with Crippen LogP contribution in [0.3, 0.4) is 0 Å². The summed E-state index contributed by atoms with van der Waals surface area (Å²) in [6.45, 7) is 7.06. The normalized spacial score (nSPS) is 10.1. The molecule has 0 aliphatic heterocycles. The number of rotatable bonds is 8. The Morgan fingerprint density at radius 2 is 2.00 bits per heavy atom. The highest BCUT2D eigenvalue weighted by molar-refractivity contribution is 6.00. The largest absolute Gasteiger partial charge is 0.493 e. The van der Waals surface area contributed by atoms with Gasteiger partial charge in [-0.1, -0.05) is 13.3 Å². The zero-order chi connectivity index (χ0) is 14.3. The van der Waals surface area contributed by atoms with Gasteiger partial charge in [-0.3, -0.25) is 4.79 Å². The summed E-state index contributed by atoms with van der Waals surface area (Å²) in [5.41, 5.74) is 1.42. The molecule has 0 saturated carbocycles. The van der Waals surface area contributed by atoms with Gasteiger partial charge in [0.2, 0.25) is 0 Å². The third-order valence-electron chi connectivity index (χ3n) is 2.81. The summed E-state index contributed by atoms with van der Waals surface area (Å²) in [5, 5.41) is 3.18. The molecule has 1 aromatic carbocycles. The molecule has 0 aliphatic carbocycles. The SMILES string of the molecule is CCCCOc1cc(NCC)c(C(C)=O)cc1OC. The number of carbonyl (C=O) groups is 1. The van der Waals surface area contributed by atoms with Crippen LogP contribution >= 0.6 is 0 Å². The van der Waals surface area contributed by atoms with E-state index in [0.717, 1.165) is 25.1 Å². The van der Waals surface area contributed by atoms with Gasteiger partial charge in [-0.2, -0.15) is 0 Å². The van der Waals surface area contributed by atoms with E-state index in [0.29, 0.717) is 23.7 Å². The van der Waals surface area contributed by atoms with Gasteiger partial charge in [-0.05, 0) is 26.3 Å². The Morgan fingerprint density at radius 1 is 1.26 bits per heavy atom. The lowest BCUT2D eigenvalue weighted by Crippen LogP contribution is -2.07. The van der Waals surface area contributed by atoms with Crippen LogP contribution < -0.4 is 14.8 Å². The quantitative estimate of drug-likeness (QED) is 0.577. The predicted octanol–water partition coefficient (Wildman–Crippen LogP) is 3.51. The monoisotopic (exact) mass is 265 g/mol. The lowest BCUT2D eigenvalue weighted by Gasteiger charge is -2.15. The maximum Gasteiger partial charge on any atom is 0.163 e. The van der Waals surface area contributed by atoms with Crippen LogP contribution in [-0.2, 0) is 0 Å². The Bertz CT molecular complexity index is 430. The molecular formula is C15H23NO3. The summed E-state index contributed by atoms with van der Waals surface area (Å²) < 4.78 is 11.0. The van der Waals surface area contributed by atoms with Crippen LogP contribution in [0.2, 0.25) is 0 Å². The van der Waals surface area contributed by atoms with Crippen molar-refractivity contribution >= 4 is 11.5 Å². The number of carbonyl (C=O) groups excluding carboxylic acids is 1. The van der Waals surface area contributed by atoms with Crippen LogP contribution in [-0.4, -0.2) is 26.0 Å². The summed E-state index contributed by atoms with van der Waals surface area (Å²) in [7, 11) is 1.58. The zero-order valence-corrected chi connectivity index (χ0v) is 12.2. The molecule has 0 spiro atoms. The number of benzene rings is 1. The summed E-state index contributed by atoms with van der Waals surface area (Å²) in [4.78, 5) is 11.6. The molecule has 0 fully saturated rings.